The second-order valence-corrected chi connectivity index (χ2v) is 3.18. The van der Waals surface area contributed by atoms with Crippen molar-refractivity contribution < 1.29 is 9.42 Å². The molecule has 17 heavy (non-hydrogen) atoms. The lowest BCUT2D eigenvalue weighted by molar-refractivity contribution is -0.525. The Hall–Kier alpha value is -2.22. The highest BCUT2D eigenvalue weighted by molar-refractivity contribution is 5.79. The summed E-state index contributed by atoms with van der Waals surface area (Å²) in [5.74, 6) is -0.883. The van der Waals surface area contributed by atoms with E-state index in [9.17, 15) is 14.5 Å². The van der Waals surface area contributed by atoms with E-state index in [0.717, 1.165) is 6.07 Å². The van der Waals surface area contributed by atoms with Gasteiger partial charge in [0.25, 0.3) is 5.96 Å². The molecule has 0 spiro atoms. The van der Waals surface area contributed by atoms with Gasteiger partial charge in [0, 0.05) is 0 Å². The van der Waals surface area contributed by atoms with Crippen molar-refractivity contribution in [2.75, 3.05) is 6.54 Å². The van der Waals surface area contributed by atoms with Crippen molar-refractivity contribution in [1.29, 1.82) is 0 Å². The Kier molecular flexibility index (Phi) is 4.35. The summed E-state index contributed by atoms with van der Waals surface area (Å²) in [5.41, 5.74) is 12.8. The molecule has 92 valence electrons. The van der Waals surface area contributed by atoms with Crippen molar-refractivity contribution in [3.8, 4) is 0 Å². The number of hydrogen-bond donors (Lipinski definition) is 3. The minimum Gasteiger partial charge on any atom is -0.365 e. The van der Waals surface area contributed by atoms with Gasteiger partial charge < -0.3 is 11.5 Å². The molecule has 0 unspecified atom stereocenters. The van der Waals surface area contributed by atoms with Crippen LogP contribution in [0.5, 0.6) is 0 Å². The molecule has 0 fully saturated rings. The number of nitrogens with zero attached hydrogens (tertiary/aromatic N) is 2. The van der Waals surface area contributed by atoms with Crippen LogP contribution in [-0.4, -0.2) is 17.5 Å². The number of hydrogen-bond acceptors (Lipinski definition) is 4. The van der Waals surface area contributed by atoms with E-state index in [2.05, 4.69) is 4.99 Å². The van der Waals surface area contributed by atoms with E-state index in [4.69, 9.17) is 11.5 Å². The summed E-state index contributed by atoms with van der Waals surface area (Å²) in [7, 11) is 0. The van der Waals surface area contributed by atoms with Gasteiger partial charge in [-0.05, 0) is 30.7 Å². The predicted molar refractivity (Wildman–Crippen MR) is 60.6 cm³/mol. The van der Waals surface area contributed by atoms with E-state index in [0.29, 0.717) is 18.5 Å². The van der Waals surface area contributed by atoms with E-state index in [1.165, 1.54) is 12.1 Å². The van der Waals surface area contributed by atoms with Crippen LogP contribution in [0.25, 0.3) is 0 Å². The maximum atomic E-state index is 13.4. The number of nitro groups is 1. The summed E-state index contributed by atoms with van der Waals surface area (Å²) in [6.45, 7) is 0.338. The summed E-state index contributed by atoms with van der Waals surface area (Å²) >= 11 is 0. The van der Waals surface area contributed by atoms with Gasteiger partial charge in [-0.2, -0.15) is 0 Å². The van der Waals surface area contributed by atoms with Crippen molar-refractivity contribution >= 4 is 11.6 Å². The fourth-order valence-corrected chi connectivity index (χ4v) is 1.22. The SMILES string of the molecule is NCCc1ccc(N=C(N)N[N+](=O)[O-])cc1F. The van der Waals surface area contributed by atoms with Crippen molar-refractivity contribution in [3.05, 3.63) is 39.7 Å². The summed E-state index contributed by atoms with van der Waals surface area (Å²) in [5, 5.41) is 9.20. The quantitative estimate of drug-likeness (QED) is 0.298. The lowest BCUT2D eigenvalue weighted by atomic mass is 10.1. The van der Waals surface area contributed by atoms with Crippen molar-refractivity contribution in [1.82, 2.24) is 5.43 Å². The van der Waals surface area contributed by atoms with E-state index >= 15 is 0 Å². The van der Waals surface area contributed by atoms with Gasteiger partial charge in [-0.1, -0.05) is 11.5 Å². The Morgan fingerprint density at radius 3 is 2.82 bits per heavy atom. The Balaban J connectivity index is 2.86. The molecule has 0 amide bonds. The van der Waals surface area contributed by atoms with Crippen LogP contribution < -0.4 is 16.9 Å². The molecule has 5 N–H and O–H groups in total. The largest absolute Gasteiger partial charge is 0.365 e. The van der Waals surface area contributed by atoms with Gasteiger partial charge in [0.05, 0.1) is 5.69 Å². The number of halogens is 1. The summed E-state index contributed by atoms with van der Waals surface area (Å²) in [4.78, 5) is 13.7. The second kappa shape index (κ2) is 5.75. The molecule has 0 saturated carbocycles. The zero-order valence-electron chi connectivity index (χ0n) is 8.89. The minimum absolute atomic E-state index is 0.190. The first-order valence-corrected chi connectivity index (χ1v) is 4.76. The van der Waals surface area contributed by atoms with Crippen LogP contribution in [0.2, 0.25) is 0 Å². The van der Waals surface area contributed by atoms with Crippen LogP contribution >= 0.6 is 0 Å². The van der Waals surface area contributed by atoms with E-state index in [1.54, 1.807) is 5.43 Å². The summed E-state index contributed by atoms with van der Waals surface area (Å²) in [6, 6.07) is 4.16. The fraction of sp³-hybridized carbons (Fsp3) is 0.222. The number of nitrogens with two attached hydrogens (primary N) is 2. The van der Waals surface area contributed by atoms with Gasteiger partial charge in [0.2, 0.25) is 0 Å². The Bertz CT molecular complexity index is 449. The lowest BCUT2D eigenvalue weighted by Crippen LogP contribution is -2.35. The number of benzene rings is 1. The molecule has 7 nitrogen and oxygen atoms in total. The molecule has 1 aromatic carbocycles. The third kappa shape index (κ3) is 4.03. The van der Waals surface area contributed by atoms with Gasteiger partial charge in [0.15, 0.2) is 5.03 Å². The molecule has 8 heteroatoms. The van der Waals surface area contributed by atoms with Crippen LogP contribution in [0, 0.1) is 15.9 Å². The van der Waals surface area contributed by atoms with Gasteiger partial charge in [-0.3, -0.25) is 0 Å². The first-order chi connectivity index (χ1) is 8.02. The molecule has 0 atom stereocenters. The zero-order valence-corrected chi connectivity index (χ0v) is 8.89. The third-order valence-corrected chi connectivity index (χ3v) is 1.91. The molecule has 0 aliphatic carbocycles. The van der Waals surface area contributed by atoms with Crippen LogP contribution in [-0.2, 0) is 6.42 Å². The normalized spacial score (nSPS) is 11.3. The van der Waals surface area contributed by atoms with Crippen LogP contribution in [0.1, 0.15) is 5.56 Å². The highest BCUT2D eigenvalue weighted by Gasteiger charge is 2.04. The molecule has 0 saturated heterocycles. The number of nitrogens with one attached hydrogen (secondary N) is 1. The van der Waals surface area contributed by atoms with Gasteiger partial charge in [-0.15, -0.1) is 0 Å². The average molecular weight is 241 g/mol. The van der Waals surface area contributed by atoms with Crippen LogP contribution in [0.15, 0.2) is 23.2 Å². The standard InChI is InChI=1S/C9H12FN5O2/c10-8-5-7(2-1-6(8)3-4-11)13-9(12)14-15(16)17/h1-2,5H,3-4,11H2,(H3,12,13,14). The van der Waals surface area contributed by atoms with Crippen LogP contribution in [0.4, 0.5) is 10.1 Å². The Morgan fingerprint density at radius 2 is 2.29 bits per heavy atom. The first-order valence-electron chi connectivity index (χ1n) is 4.76. The number of guanidine groups is 1. The number of rotatable bonds is 4. The Labute approximate surface area is 96.4 Å². The molecule has 1 rings (SSSR count). The maximum absolute atomic E-state index is 13.4. The van der Waals surface area contributed by atoms with E-state index in [-0.39, 0.29) is 5.69 Å². The lowest BCUT2D eigenvalue weighted by Gasteiger charge is -2.02. The summed E-state index contributed by atoms with van der Waals surface area (Å²) < 4.78 is 13.4. The minimum atomic E-state index is -0.849. The molecular weight excluding hydrogens is 229 g/mol. The van der Waals surface area contributed by atoms with E-state index < -0.39 is 16.8 Å². The smallest absolute Gasteiger partial charge is 0.256 e. The van der Waals surface area contributed by atoms with Crippen molar-refractivity contribution in [2.24, 2.45) is 16.5 Å². The predicted octanol–water partition coefficient (Wildman–Crippen LogP) is 0.0544. The first kappa shape index (κ1) is 12.8. The molecule has 0 bridgehead atoms. The molecule has 0 aliphatic rings. The molecular formula is C9H12FN5O2. The highest BCUT2D eigenvalue weighted by Crippen LogP contribution is 2.17. The molecule has 1 aromatic rings. The molecule has 0 heterocycles. The van der Waals surface area contributed by atoms with Crippen molar-refractivity contribution in [2.45, 2.75) is 6.42 Å². The number of hydrazine groups is 1. The van der Waals surface area contributed by atoms with Gasteiger partial charge in [-0.25, -0.2) is 19.5 Å². The number of aliphatic imine (C=N–C) groups is 1. The Morgan fingerprint density at radius 1 is 1.59 bits per heavy atom. The maximum Gasteiger partial charge on any atom is 0.256 e. The monoisotopic (exact) mass is 241 g/mol. The van der Waals surface area contributed by atoms with Crippen LogP contribution in [0.3, 0.4) is 0 Å². The topological polar surface area (TPSA) is 120 Å². The van der Waals surface area contributed by atoms with Crippen molar-refractivity contribution in [3.63, 3.8) is 0 Å². The van der Waals surface area contributed by atoms with Gasteiger partial charge in [0.1, 0.15) is 5.82 Å². The molecule has 0 aliphatic heterocycles. The van der Waals surface area contributed by atoms with Gasteiger partial charge >= 0.3 is 0 Å². The van der Waals surface area contributed by atoms with E-state index in [1.807, 2.05) is 0 Å². The average Bonchev–Trinajstić information content (AvgIpc) is 2.21. The third-order valence-electron chi connectivity index (χ3n) is 1.91. The second-order valence-electron chi connectivity index (χ2n) is 3.18. The molecule has 0 aromatic heterocycles. The zero-order chi connectivity index (χ0) is 12.8. The molecule has 0 radical (unpaired) electrons. The highest BCUT2D eigenvalue weighted by atomic mass is 19.1. The summed E-state index contributed by atoms with van der Waals surface area (Å²) in [6.07, 6.45) is 0.415. The fourth-order valence-electron chi connectivity index (χ4n) is 1.22.